The predicted molar refractivity (Wildman–Crippen MR) is 99.2 cm³/mol. The molecule has 4 nitrogen and oxygen atoms in total. The van der Waals surface area contributed by atoms with Gasteiger partial charge < -0.3 is 5.32 Å². The molecule has 0 saturated carbocycles. The minimum atomic E-state index is -0.0934. The summed E-state index contributed by atoms with van der Waals surface area (Å²) in [5, 5.41) is 10.2. The molecule has 1 amide bonds. The Morgan fingerprint density at radius 2 is 1.79 bits per heavy atom. The lowest BCUT2D eigenvalue weighted by atomic mass is 10.1. The summed E-state index contributed by atoms with van der Waals surface area (Å²) in [6.45, 7) is 4.00. The van der Waals surface area contributed by atoms with Gasteiger partial charge in [-0.25, -0.2) is 0 Å². The lowest BCUT2D eigenvalue weighted by Crippen LogP contribution is -2.14. The van der Waals surface area contributed by atoms with Crippen molar-refractivity contribution in [1.82, 2.24) is 10.2 Å². The molecule has 2 aromatic carbocycles. The highest BCUT2D eigenvalue weighted by molar-refractivity contribution is 6.31. The van der Waals surface area contributed by atoms with Gasteiger partial charge in [-0.05, 0) is 29.3 Å². The SMILES string of the molecule is CC.O=C(Cc1ccccc1Cl)Nc1ccc(-c2cn[nH]c2)cc1. The molecule has 0 unspecified atom stereocenters. The third kappa shape index (κ3) is 4.70. The van der Waals surface area contributed by atoms with Crippen molar-refractivity contribution < 1.29 is 4.79 Å². The smallest absolute Gasteiger partial charge is 0.228 e. The Balaban J connectivity index is 0.00000100. The third-order valence-electron chi connectivity index (χ3n) is 3.31. The molecule has 3 aromatic rings. The number of hydrogen-bond acceptors (Lipinski definition) is 2. The van der Waals surface area contributed by atoms with Crippen LogP contribution in [-0.2, 0) is 11.2 Å². The molecule has 2 N–H and O–H groups in total. The van der Waals surface area contributed by atoms with Crippen LogP contribution < -0.4 is 5.32 Å². The number of aromatic amines is 1. The van der Waals surface area contributed by atoms with Crippen molar-refractivity contribution >= 4 is 23.2 Å². The minimum Gasteiger partial charge on any atom is -0.326 e. The van der Waals surface area contributed by atoms with Gasteiger partial charge in [0.05, 0.1) is 12.6 Å². The van der Waals surface area contributed by atoms with Crippen LogP contribution in [0.3, 0.4) is 0 Å². The maximum atomic E-state index is 12.1. The van der Waals surface area contributed by atoms with E-state index in [4.69, 9.17) is 11.6 Å². The van der Waals surface area contributed by atoms with Crippen LogP contribution in [0, 0.1) is 0 Å². The number of aromatic nitrogens is 2. The average molecular weight is 342 g/mol. The van der Waals surface area contributed by atoms with E-state index in [0.29, 0.717) is 5.02 Å². The van der Waals surface area contributed by atoms with Gasteiger partial charge in [-0.15, -0.1) is 0 Å². The van der Waals surface area contributed by atoms with Crippen LogP contribution in [0.2, 0.25) is 5.02 Å². The highest BCUT2D eigenvalue weighted by atomic mass is 35.5. The molecule has 0 radical (unpaired) electrons. The topological polar surface area (TPSA) is 57.8 Å². The van der Waals surface area contributed by atoms with Crippen molar-refractivity contribution in [2.24, 2.45) is 0 Å². The van der Waals surface area contributed by atoms with Crippen LogP contribution >= 0.6 is 11.6 Å². The Morgan fingerprint density at radius 1 is 1.08 bits per heavy atom. The second kappa shape index (κ2) is 8.89. The van der Waals surface area contributed by atoms with Gasteiger partial charge in [-0.2, -0.15) is 5.10 Å². The summed E-state index contributed by atoms with van der Waals surface area (Å²) in [5.41, 5.74) is 3.62. The second-order valence-electron chi connectivity index (χ2n) is 4.88. The number of benzene rings is 2. The third-order valence-corrected chi connectivity index (χ3v) is 3.68. The van der Waals surface area contributed by atoms with Gasteiger partial charge in [0.25, 0.3) is 0 Å². The number of rotatable bonds is 4. The number of H-pyrrole nitrogens is 1. The molecule has 0 aliphatic carbocycles. The van der Waals surface area contributed by atoms with Gasteiger partial charge in [0.1, 0.15) is 0 Å². The summed E-state index contributed by atoms with van der Waals surface area (Å²) >= 11 is 6.06. The van der Waals surface area contributed by atoms with E-state index in [1.54, 1.807) is 12.3 Å². The van der Waals surface area contributed by atoms with Crippen LogP contribution in [0.5, 0.6) is 0 Å². The first kappa shape index (κ1) is 17.8. The normalized spacial score (nSPS) is 9.79. The molecule has 0 spiro atoms. The summed E-state index contributed by atoms with van der Waals surface area (Å²) in [4.78, 5) is 12.1. The minimum absolute atomic E-state index is 0.0934. The van der Waals surface area contributed by atoms with Gasteiger partial charge in [0, 0.05) is 22.5 Å². The molecule has 0 aliphatic rings. The van der Waals surface area contributed by atoms with Crippen molar-refractivity contribution in [3.8, 4) is 11.1 Å². The molecular formula is C19H20ClN3O. The molecule has 0 atom stereocenters. The first-order valence-corrected chi connectivity index (χ1v) is 8.22. The van der Waals surface area contributed by atoms with Crippen molar-refractivity contribution in [3.05, 3.63) is 71.5 Å². The summed E-state index contributed by atoms with van der Waals surface area (Å²) in [5.74, 6) is -0.0934. The average Bonchev–Trinajstić information content (AvgIpc) is 3.14. The van der Waals surface area contributed by atoms with Crippen molar-refractivity contribution in [2.75, 3.05) is 5.32 Å². The zero-order chi connectivity index (χ0) is 17.4. The maximum absolute atomic E-state index is 12.1. The van der Waals surface area contributed by atoms with E-state index >= 15 is 0 Å². The standard InChI is InChI=1S/C17H14ClN3O.C2H6/c18-16-4-2-1-3-13(16)9-17(22)21-15-7-5-12(6-8-15)14-10-19-20-11-14;1-2/h1-8,10-11H,9H2,(H,19,20)(H,21,22);1-2H3. The number of anilines is 1. The number of amides is 1. The number of nitrogens with one attached hydrogen (secondary N) is 2. The fourth-order valence-electron chi connectivity index (χ4n) is 2.17. The quantitative estimate of drug-likeness (QED) is 0.706. The molecule has 24 heavy (non-hydrogen) atoms. The summed E-state index contributed by atoms with van der Waals surface area (Å²) in [7, 11) is 0. The Bertz CT molecular complexity index is 768. The molecule has 1 heterocycles. The summed E-state index contributed by atoms with van der Waals surface area (Å²) in [6, 6.07) is 15.0. The fraction of sp³-hybridized carbons (Fsp3) is 0.158. The number of carbonyl (C=O) groups is 1. The molecular weight excluding hydrogens is 322 g/mol. The summed E-state index contributed by atoms with van der Waals surface area (Å²) in [6.07, 6.45) is 3.83. The first-order valence-electron chi connectivity index (χ1n) is 7.85. The largest absolute Gasteiger partial charge is 0.326 e. The highest BCUT2D eigenvalue weighted by Gasteiger charge is 2.07. The van der Waals surface area contributed by atoms with Gasteiger partial charge in [-0.3, -0.25) is 9.89 Å². The van der Waals surface area contributed by atoms with Gasteiger partial charge in [0.15, 0.2) is 0 Å². The predicted octanol–water partition coefficient (Wildman–Crippen LogP) is 4.94. The lowest BCUT2D eigenvalue weighted by Gasteiger charge is -2.07. The molecule has 0 saturated heterocycles. The van der Waals surface area contributed by atoms with Gasteiger partial charge in [0.2, 0.25) is 5.91 Å². The number of carbonyl (C=O) groups excluding carboxylic acids is 1. The van der Waals surface area contributed by atoms with Crippen LogP contribution in [0.4, 0.5) is 5.69 Å². The Hall–Kier alpha value is -2.59. The number of hydrogen-bond donors (Lipinski definition) is 2. The molecule has 124 valence electrons. The number of halogens is 1. The molecule has 0 fully saturated rings. The van der Waals surface area contributed by atoms with E-state index < -0.39 is 0 Å². The highest BCUT2D eigenvalue weighted by Crippen LogP contribution is 2.20. The number of nitrogens with zero attached hydrogens (tertiary/aromatic N) is 1. The lowest BCUT2D eigenvalue weighted by molar-refractivity contribution is -0.115. The van der Waals surface area contributed by atoms with Gasteiger partial charge >= 0.3 is 0 Å². The van der Waals surface area contributed by atoms with E-state index in [2.05, 4.69) is 15.5 Å². The van der Waals surface area contributed by atoms with Crippen molar-refractivity contribution in [1.29, 1.82) is 0 Å². The van der Waals surface area contributed by atoms with E-state index in [-0.39, 0.29) is 12.3 Å². The first-order chi connectivity index (χ1) is 11.7. The van der Waals surface area contributed by atoms with Crippen LogP contribution in [0.1, 0.15) is 19.4 Å². The van der Waals surface area contributed by atoms with E-state index in [1.165, 1.54) is 0 Å². The summed E-state index contributed by atoms with van der Waals surface area (Å²) < 4.78 is 0. The van der Waals surface area contributed by atoms with E-state index in [0.717, 1.165) is 22.4 Å². The van der Waals surface area contributed by atoms with Crippen molar-refractivity contribution in [3.63, 3.8) is 0 Å². The van der Waals surface area contributed by atoms with E-state index in [1.807, 2.05) is 62.5 Å². The van der Waals surface area contributed by atoms with Crippen molar-refractivity contribution in [2.45, 2.75) is 20.3 Å². The molecule has 5 heteroatoms. The Kier molecular flexibility index (Phi) is 6.58. The monoisotopic (exact) mass is 341 g/mol. The molecule has 1 aromatic heterocycles. The second-order valence-corrected chi connectivity index (χ2v) is 5.29. The zero-order valence-corrected chi connectivity index (χ0v) is 14.5. The van der Waals surface area contributed by atoms with Gasteiger partial charge in [-0.1, -0.05) is 55.8 Å². The van der Waals surface area contributed by atoms with E-state index in [9.17, 15) is 4.79 Å². The molecule has 3 rings (SSSR count). The molecule has 0 aliphatic heterocycles. The zero-order valence-electron chi connectivity index (χ0n) is 13.7. The Labute approximate surface area is 146 Å². The van der Waals surface area contributed by atoms with Crippen LogP contribution in [-0.4, -0.2) is 16.1 Å². The van der Waals surface area contributed by atoms with Crippen LogP contribution in [0.15, 0.2) is 60.9 Å². The maximum Gasteiger partial charge on any atom is 0.228 e. The molecule has 0 bridgehead atoms. The fourth-order valence-corrected chi connectivity index (χ4v) is 2.38. The Morgan fingerprint density at radius 3 is 2.42 bits per heavy atom. The van der Waals surface area contributed by atoms with Crippen LogP contribution in [0.25, 0.3) is 11.1 Å².